The molecule has 1 aromatic carbocycles. The molecule has 1 N–H and O–H groups in total. The van der Waals surface area contributed by atoms with E-state index in [9.17, 15) is 9.59 Å². The summed E-state index contributed by atoms with van der Waals surface area (Å²) < 4.78 is 0. The van der Waals surface area contributed by atoms with Crippen LogP contribution in [0.2, 0.25) is 0 Å². The Kier molecular flexibility index (Phi) is 5.37. The van der Waals surface area contributed by atoms with Crippen molar-refractivity contribution in [1.82, 2.24) is 10.2 Å². The van der Waals surface area contributed by atoms with E-state index >= 15 is 0 Å². The summed E-state index contributed by atoms with van der Waals surface area (Å²) in [6, 6.07) is 9.91. The van der Waals surface area contributed by atoms with Gasteiger partial charge in [0.15, 0.2) is 0 Å². The van der Waals surface area contributed by atoms with Gasteiger partial charge in [0.1, 0.15) is 0 Å². The third kappa shape index (κ3) is 3.63. The Balaban J connectivity index is 2.09. The molecule has 2 rings (SSSR count). The molecular weight excluding hydrogens is 264 g/mol. The molecule has 1 aliphatic rings. The Morgan fingerprint density at radius 1 is 1.33 bits per heavy atom. The lowest BCUT2D eigenvalue weighted by Gasteiger charge is -2.34. The number of nitrogens with one attached hydrogen (secondary N) is 1. The highest BCUT2D eigenvalue weighted by molar-refractivity contribution is 5.85. The summed E-state index contributed by atoms with van der Waals surface area (Å²) in [4.78, 5) is 26.4. The van der Waals surface area contributed by atoms with E-state index in [1.807, 2.05) is 42.2 Å². The number of hydrogen-bond acceptors (Lipinski definition) is 2. The van der Waals surface area contributed by atoms with E-state index in [2.05, 4.69) is 5.32 Å². The number of likely N-dealkylation sites (tertiary alicyclic amines) is 1. The van der Waals surface area contributed by atoms with E-state index in [-0.39, 0.29) is 23.7 Å². The molecule has 0 saturated carbocycles. The molecule has 0 radical (unpaired) electrons. The molecular formula is C17H24N2O2. The van der Waals surface area contributed by atoms with Gasteiger partial charge in [0.25, 0.3) is 0 Å². The fourth-order valence-corrected chi connectivity index (χ4v) is 3.05. The van der Waals surface area contributed by atoms with Crippen molar-refractivity contribution in [3.63, 3.8) is 0 Å². The average Bonchev–Trinajstić information content (AvgIpc) is 2.55. The van der Waals surface area contributed by atoms with Gasteiger partial charge in [-0.2, -0.15) is 0 Å². The third-order valence-electron chi connectivity index (χ3n) is 4.26. The molecule has 2 unspecified atom stereocenters. The normalized spacial score (nSPS) is 19.9. The maximum absolute atomic E-state index is 12.8. The van der Waals surface area contributed by atoms with Crippen LogP contribution in [0, 0.1) is 5.92 Å². The molecule has 1 saturated heterocycles. The van der Waals surface area contributed by atoms with E-state index < -0.39 is 0 Å². The number of amides is 2. The smallest absolute Gasteiger partial charge is 0.230 e. The summed E-state index contributed by atoms with van der Waals surface area (Å²) in [6.45, 7) is 3.34. The summed E-state index contributed by atoms with van der Waals surface area (Å²) in [6.07, 6.45) is 2.55. The Morgan fingerprint density at radius 3 is 2.67 bits per heavy atom. The molecule has 0 bridgehead atoms. The highest BCUT2D eigenvalue weighted by Gasteiger charge is 2.31. The minimum absolute atomic E-state index is 0.0419. The molecule has 0 aliphatic carbocycles. The van der Waals surface area contributed by atoms with Crippen LogP contribution in [0.25, 0.3) is 0 Å². The molecule has 1 heterocycles. The quantitative estimate of drug-likeness (QED) is 0.923. The van der Waals surface area contributed by atoms with Gasteiger partial charge >= 0.3 is 0 Å². The molecule has 4 heteroatoms. The third-order valence-corrected chi connectivity index (χ3v) is 4.26. The molecule has 0 spiro atoms. The summed E-state index contributed by atoms with van der Waals surface area (Å²) >= 11 is 0. The van der Waals surface area contributed by atoms with Crippen LogP contribution in [-0.4, -0.2) is 36.9 Å². The van der Waals surface area contributed by atoms with Crippen molar-refractivity contribution in [2.75, 3.05) is 20.1 Å². The van der Waals surface area contributed by atoms with Gasteiger partial charge in [0.2, 0.25) is 11.8 Å². The maximum Gasteiger partial charge on any atom is 0.230 e. The van der Waals surface area contributed by atoms with E-state index in [4.69, 9.17) is 0 Å². The lowest BCUT2D eigenvalue weighted by atomic mass is 9.92. The van der Waals surface area contributed by atoms with Crippen molar-refractivity contribution in [3.8, 4) is 0 Å². The van der Waals surface area contributed by atoms with Crippen LogP contribution in [0.15, 0.2) is 30.3 Å². The van der Waals surface area contributed by atoms with Crippen LogP contribution in [0.5, 0.6) is 0 Å². The first kappa shape index (κ1) is 15.5. The van der Waals surface area contributed by atoms with Gasteiger partial charge in [-0.15, -0.1) is 0 Å². The number of piperidine rings is 1. The Bertz CT molecular complexity index is 487. The van der Waals surface area contributed by atoms with Crippen LogP contribution >= 0.6 is 0 Å². The van der Waals surface area contributed by atoms with Gasteiger partial charge in [-0.25, -0.2) is 0 Å². The highest BCUT2D eigenvalue weighted by Crippen LogP contribution is 2.25. The fraction of sp³-hybridized carbons (Fsp3) is 0.529. The molecule has 1 aliphatic heterocycles. The minimum atomic E-state index is -0.102. The van der Waals surface area contributed by atoms with Gasteiger partial charge in [0.05, 0.1) is 11.8 Å². The van der Waals surface area contributed by atoms with Crippen molar-refractivity contribution in [3.05, 3.63) is 35.9 Å². The molecule has 4 nitrogen and oxygen atoms in total. The number of hydrogen-bond donors (Lipinski definition) is 1. The zero-order valence-corrected chi connectivity index (χ0v) is 12.8. The van der Waals surface area contributed by atoms with Gasteiger partial charge in [-0.1, -0.05) is 37.3 Å². The van der Waals surface area contributed by atoms with E-state index in [0.29, 0.717) is 6.54 Å². The minimum Gasteiger partial charge on any atom is -0.359 e. The molecule has 2 amide bonds. The topological polar surface area (TPSA) is 49.4 Å². The Morgan fingerprint density at radius 2 is 2.05 bits per heavy atom. The lowest BCUT2D eigenvalue weighted by Crippen LogP contribution is -2.46. The van der Waals surface area contributed by atoms with Gasteiger partial charge in [-0.3, -0.25) is 9.59 Å². The predicted molar refractivity (Wildman–Crippen MR) is 82.8 cm³/mol. The first-order valence-electron chi connectivity index (χ1n) is 7.72. The lowest BCUT2D eigenvalue weighted by molar-refractivity contribution is -0.137. The van der Waals surface area contributed by atoms with Crippen LogP contribution in [0.1, 0.15) is 37.7 Å². The van der Waals surface area contributed by atoms with E-state index in [1.54, 1.807) is 7.05 Å². The number of carbonyl (C=O) groups is 2. The van der Waals surface area contributed by atoms with Crippen LogP contribution in [0.3, 0.4) is 0 Å². The van der Waals surface area contributed by atoms with Crippen molar-refractivity contribution >= 4 is 11.8 Å². The van der Waals surface area contributed by atoms with Crippen LogP contribution < -0.4 is 5.32 Å². The molecule has 21 heavy (non-hydrogen) atoms. The van der Waals surface area contributed by atoms with E-state index in [0.717, 1.165) is 31.4 Å². The first-order chi connectivity index (χ1) is 10.2. The first-order valence-corrected chi connectivity index (χ1v) is 7.72. The van der Waals surface area contributed by atoms with Gasteiger partial charge in [-0.05, 0) is 24.8 Å². The van der Waals surface area contributed by atoms with Crippen molar-refractivity contribution in [1.29, 1.82) is 0 Å². The van der Waals surface area contributed by atoms with Crippen molar-refractivity contribution in [2.45, 2.75) is 32.1 Å². The standard InChI is InChI=1S/C17H24N2O2/c1-3-15(13-8-5-4-6-9-13)17(21)19-11-7-10-14(12-19)16(20)18-2/h4-6,8-9,14-15H,3,7,10-12H2,1-2H3,(H,18,20). The van der Waals surface area contributed by atoms with Gasteiger partial charge < -0.3 is 10.2 Å². The molecule has 1 fully saturated rings. The van der Waals surface area contributed by atoms with E-state index in [1.165, 1.54) is 0 Å². The average molecular weight is 288 g/mol. The molecule has 1 aromatic rings. The number of nitrogens with zero attached hydrogens (tertiary/aromatic N) is 1. The number of benzene rings is 1. The van der Waals surface area contributed by atoms with Gasteiger partial charge in [0, 0.05) is 20.1 Å². The fourth-order valence-electron chi connectivity index (χ4n) is 3.05. The predicted octanol–water partition coefficient (Wildman–Crippen LogP) is 2.16. The van der Waals surface area contributed by atoms with Crippen molar-refractivity contribution in [2.24, 2.45) is 5.92 Å². The second-order valence-corrected chi connectivity index (χ2v) is 5.61. The van der Waals surface area contributed by atoms with Crippen molar-refractivity contribution < 1.29 is 9.59 Å². The SMILES string of the molecule is CCC(C(=O)N1CCCC(C(=O)NC)C1)c1ccccc1. The highest BCUT2D eigenvalue weighted by atomic mass is 16.2. The summed E-state index contributed by atoms with van der Waals surface area (Å²) in [5.74, 6) is 0.0215. The largest absolute Gasteiger partial charge is 0.359 e. The second kappa shape index (κ2) is 7.25. The number of rotatable bonds is 4. The van der Waals surface area contributed by atoms with Crippen LogP contribution in [-0.2, 0) is 9.59 Å². The summed E-state index contributed by atoms with van der Waals surface area (Å²) in [5, 5.41) is 2.69. The summed E-state index contributed by atoms with van der Waals surface area (Å²) in [5.41, 5.74) is 1.06. The summed E-state index contributed by atoms with van der Waals surface area (Å²) in [7, 11) is 1.65. The molecule has 0 aromatic heterocycles. The Hall–Kier alpha value is -1.84. The monoisotopic (exact) mass is 288 g/mol. The second-order valence-electron chi connectivity index (χ2n) is 5.61. The molecule has 114 valence electrons. The van der Waals surface area contributed by atoms with Crippen LogP contribution in [0.4, 0.5) is 0 Å². The molecule has 2 atom stereocenters. The maximum atomic E-state index is 12.8. The Labute approximate surface area is 126 Å². The number of carbonyl (C=O) groups excluding carboxylic acids is 2. The zero-order chi connectivity index (χ0) is 15.2. The zero-order valence-electron chi connectivity index (χ0n) is 12.8.